The summed E-state index contributed by atoms with van der Waals surface area (Å²) in [5, 5.41) is 9.39. The highest BCUT2D eigenvalue weighted by Gasteiger charge is 2.20. The molecular formula is C9H12N4S. The number of thioether (sulfide) groups is 1. The Bertz CT molecular complexity index is 361. The molecule has 5 heteroatoms. The zero-order valence-electron chi connectivity index (χ0n) is 8.40. The Morgan fingerprint density at radius 2 is 2.14 bits per heavy atom. The third-order valence-electron chi connectivity index (χ3n) is 1.47. The van der Waals surface area contributed by atoms with E-state index >= 15 is 0 Å². The average Bonchev–Trinajstić information content (AvgIpc) is 2.01. The Balaban J connectivity index is 2.94. The molecule has 0 amide bonds. The van der Waals surface area contributed by atoms with Gasteiger partial charge < -0.3 is 5.73 Å². The molecular weight excluding hydrogens is 196 g/mol. The minimum Gasteiger partial charge on any atom is -0.384 e. The molecule has 0 saturated heterocycles. The van der Waals surface area contributed by atoms with Crippen molar-refractivity contribution in [1.29, 1.82) is 5.26 Å². The molecule has 0 aliphatic rings. The largest absolute Gasteiger partial charge is 0.384 e. The molecule has 0 aliphatic carbocycles. The Kier molecular flexibility index (Phi) is 2.96. The van der Waals surface area contributed by atoms with Crippen LogP contribution in [0.5, 0.6) is 0 Å². The van der Waals surface area contributed by atoms with Crippen LogP contribution in [0.25, 0.3) is 0 Å². The lowest BCUT2D eigenvalue weighted by Crippen LogP contribution is -2.12. The first kappa shape index (κ1) is 10.8. The van der Waals surface area contributed by atoms with Crippen molar-refractivity contribution in [3.8, 4) is 6.07 Å². The molecule has 4 nitrogen and oxygen atoms in total. The van der Waals surface area contributed by atoms with E-state index in [2.05, 4.69) is 16.0 Å². The van der Waals surface area contributed by atoms with Gasteiger partial charge in [0.1, 0.15) is 10.6 Å². The molecule has 0 spiro atoms. The first-order valence-corrected chi connectivity index (χ1v) is 4.96. The highest BCUT2D eigenvalue weighted by atomic mass is 32.2. The monoisotopic (exact) mass is 208 g/mol. The number of nitrogens with zero attached hydrogens (tertiary/aromatic N) is 3. The van der Waals surface area contributed by atoms with E-state index in [1.807, 2.05) is 20.8 Å². The summed E-state index contributed by atoms with van der Waals surface area (Å²) >= 11 is 1.31. The summed E-state index contributed by atoms with van der Waals surface area (Å²) in [4.78, 5) is 8.23. The van der Waals surface area contributed by atoms with Gasteiger partial charge in [0.05, 0.1) is 6.07 Å². The zero-order chi connectivity index (χ0) is 10.8. The van der Waals surface area contributed by atoms with E-state index in [0.717, 1.165) is 5.69 Å². The Hall–Kier alpha value is -1.28. The maximum Gasteiger partial charge on any atom is 0.191 e. The van der Waals surface area contributed by atoms with Gasteiger partial charge in [0.15, 0.2) is 5.16 Å². The number of hydrogen-bond donors (Lipinski definition) is 1. The number of hydrogen-bond acceptors (Lipinski definition) is 5. The number of nitrogen functional groups attached to an aromatic ring is 1. The van der Waals surface area contributed by atoms with Crippen LogP contribution in [0.15, 0.2) is 11.2 Å². The van der Waals surface area contributed by atoms with Crippen molar-refractivity contribution >= 4 is 17.6 Å². The third-order valence-corrected chi connectivity index (χ3v) is 2.44. The van der Waals surface area contributed by atoms with Crippen LogP contribution < -0.4 is 5.73 Å². The van der Waals surface area contributed by atoms with Crippen molar-refractivity contribution in [2.45, 2.75) is 30.7 Å². The molecule has 0 atom stereocenters. The van der Waals surface area contributed by atoms with E-state index in [0.29, 0.717) is 11.0 Å². The summed E-state index contributed by atoms with van der Waals surface area (Å²) in [6.07, 6.45) is 0. The Morgan fingerprint density at radius 1 is 1.50 bits per heavy atom. The van der Waals surface area contributed by atoms with Gasteiger partial charge in [0.25, 0.3) is 0 Å². The van der Waals surface area contributed by atoms with Gasteiger partial charge in [-0.05, 0) is 20.8 Å². The lowest BCUT2D eigenvalue weighted by atomic mass is 10.2. The van der Waals surface area contributed by atoms with Gasteiger partial charge in [0.2, 0.25) is 0 Å². The summed E-state index contributed by atoms with van der Waals surface area (Å²) in [6.45, 7) is 5.49. The molecule has 2 N–H and O–H groups in total. The number of nitriles is 1. The van der Waals surface area contributed by atoms with Gasteiger partial charge in [-0.3, -0.25) is 0 Å². The fraction of sp³-hybridized carbons (Fsp3) is 0.444. The molecule has 1 aromatic heterocycles. The van der Waals surface area contributed by atoms with Crippen LogP contribution in [0, 0.1) is 18.3 Å². The van der Waals surface area contributed by atoms with Gasteiger partial charge >= 0.3 is 0 Å². The highest BCUT2D eigenvalue weighted by Crippen LogP contribution is 2.29. The molecule has 14 heavy (non-hydrogen) atoms. The van der Waals surface area contributed by atoms with E-state index in [9.17, 15) is 0 Å². The molecule has 0 bridgehead atoms. The molecule has 0 aromatic carbocycles. The van der Waals surface area contributed by atoms with E-state index in [4.69, 9.17) is 11.0 Å². The van der Waals surface area contributed by atoms with Crippen LogP contribution in [0.3, 0.4) is 0 Å². The number of anilines is 1. The average molecular weight is 208 g/mol. The van der Waals surface area contributed by atoms with Crippen molar-refractivity contribution in [2.24, 2.45) is 0 Å². The predicted octanol–water partition coefficient (Wildman–Crippen LogP) is 1.76. The summed E-state index contributed by atoms with van der Waals surface area (Å²) in [5.74, 6) is 0.439. The quantitative estimate of drug-likeness (QED) is 0.592. The first-order chi connectivity index (χ1) is 6.43. The lowest BCUT2D eigenvalue weighted by Gasteiger charge is -2.12. The second kappa shape index (κ2) is 3.84. The molecule has 74 valence electrons. The highest BCUT2D eigenvalue weighted by molar-refractivity contribution is 8.00. The SMILES string of the molecule is Cc1cc(N)nc(SC(C)(C)C#N)n1. The Labute approximate surface area is 87.6 Å². The van der Waals surface area contributed by atoms with E-state index < -0.39 is 4.75 Å². The normalized spacial score (nSPS) is 11.0. The molecule has 1 heterocycles. The molecule has 0 fully saturated rings. The van der Waals surface area contributed by atoms with Gasteiger partial charge in [-0.2, -0.15) is 5.26 Å². The molecule has 0 aliphatic heterocycles. The smallest absolute Gasteiger partial charge is 0.191 e. The minimum atomic E-state index is -0.528. The summed E-state index contributed by atoms with van der Waals surface area (Å²) < 4.78 is -0.528. The molecule has 1 rings (SSSR count). The molecule has 0 radical (unpaired) electrons. The van der Waals surface area contributed by atoms with Crippen LogP contribution in [-0.2, 0) is 0 Å². The van der Waals surface area contributed by atoms with Gasteiger partial charge in [-0.1, -0.05) is 11.8 Å². The number of rotatable bonds is 2. The van der Waals surface area contributed by atoms with Crippen LogP contribution in [-0.4, -0.2) is 14.7 Å². The van der Waals surface area contributed by atoms with Crippen LogP contribution in [0.2, 0.25) is 0 Å². The zero-order valence-corrected chi connectivity index (χ0v) is 9.22. The standard InChI is InChI=1S/C9H12N4S/c1-6-4-7(11)13-8(12-6)14-9(2,3)5-10/h4H,1-3H3,(H2,11,12,13). The minimum absolute atomic E-state index is 0.439. The maximum atomic E-state index is 8.84. The van der Waals surface area contributed by atoms with Crippen LogP contribution in [0.1, 0.15) is 19.5 Å². The van der Waals surface area contributed by atoms with Crippen molar-refractivity contribution < 1.29 is 0 Å². The number of aromatic nitrogens is 2. The van der Waals surface area contributed by atoms with Gasteiger partial charge in [-0.15, -0.1) is 0 Å². The summed E-state index contributed by atoms with van der Waals surface area (Å²) in [5.41, 5.74) is 6.39. The number of aryl methyl sites for hydroxylation is 1. The predicted molar refractivity (Wildman–Crippen MR) is 56.7 cm³/mol. The second-order valence-electron chi connectivity index (χ2n) is 3.44. The molecule has 0 saturated carbocycles. The van der Waals surface area contributed by atoms with Gasteiger partial charge in [-0.25, -0.2) is 9.97 Å². The maximum absolute atomic E-state index is 8.84. The van der Waals surface area contributed by atoms with Crippen LogP contribution >= 0.6 is 11.8 Å². The fourth-order valence-electron chi connectivity index (χ4n) is 0.862. The van der Waals surface area contributed by atoms with E-state index in [1.165, 1.54) is 11.8 Å². The lowest BCUT2D eigenvalue weighted by molar-refractivity contribution is 0.877. The Morgan fingerprint density at radius 3 is 2.64 bits per heavy atom. The van der Waals surface area contributed by atoms with Crippen molar-refractivity contribution in [3.63, 3.8) is 0 Å². The topological polar surface area (TPSA) is 75.6 Å². The van der Waals surface area contributed by atoms with Crippen LogP contribution in [0.4, 0.5) is 5.82 Å². The summed E-state index contributed by atoms with van der Waals surface area (Å²) in [7, 11) is 0. The molecule has 1 aromatic rings. The summed E-state index contributed by atoms with van der Waals surface area (Å²) in [6, 6.07) is 3.87. The fourth-order valence-corrected chi connectivity index (χ4v) is 1.70. The van der Waals surface area contributed by atoms with E-state index in [-0.39, 0.29) is 0 Å². The van der Waals surface area contributed by atoms with Crippen molar-refractivity contribution in [3.05, 3.63) is 11.8 Å². The first-order valence-electron chi connectivity index (χ1n) is 4.14. The second-order valence-corrected chi connectivity index (χ2v) is 5.03. The van der Waals surface area contributed by atoms with E-state index in [1.54, 1.807) is 6.07 Å². The van der Waals surface area contributed by atoms with Gasteiger partial charge in [0, 0.05) is 11.8 Å². The van der Waals surface area contributed by atoms with Crippen molar-refractivity contribution in [2.75, 3.05) is 5.73 Å². The third kappa shape index (κ3) is 2.89. The molecule has 0 unspecified atom stereocenters. The number of nitrogens with two attached hydrogens (primary N) is 1. The van der Waals surface area contributed by atoms with Crippen molar-refractivity contribution in [1.82, 2.24) is 9.97 Å².